The maximum absolute atomic E-state index is 3.67. The van der Waals surface area contributed by atoms with Crippen molar-refractivity contribution < 1.29 is 0 Å². The first kappa shape index (κ1) is 21.2. The molecular weight excluding hydrogens is 376 g/mol. The third kappa shape index (κ3) is 4.54. The lowest BCUT2D eigenvalue weighted by atomic mass is 9.86. The van der Waals surface area contributed by atoms with Gasteiger partial charge in [-0.3, -0.25) is 10.4 Å². The molecule has 0 saturated heterocycles. The van der Waals surface area contributed by atoms with E-state index in [1.54, 1.807) is 0 Å². The van der Waals surface area contributed by atoms with Gasteiger partial charge in [-0.15, -0.1) is 0 Å². The summed E-state index contributed by atoms with van der Waals surface area (Å²) in [5.74, 6) is 0. The van der Waals surface area contributed by atoms with Gasteiger partial charge in [-0.25, -0.2) is 0 Å². The van der Waals surface area contributed by atoms with Gasteiger partial charge in [0.2, 0.25) is 0 Å². The van der Waals surface area contributed by atoms with Gasteiger partial charge in [-0.05, 0) is 51.3 Å². The summed E-state index contributed by atoms with van der Waals surface area (Å²) in [7, 11) is 0. The van der Waals surface area contributed by atoms with E-state index in [0.717, 1.165) is 11.4 Å². The molecule has 1 aliphatic heterocycles. The van der Waals surface area contributed by atoms with Crippen LogP contribution in [0.4, 0.5) is 5.69 Å². The van der Waals surface area contributed by atoms with Crippen LogP contribution in [0.5, 0.6) is 0 Å². The lowest BCUT2D eigenvalue weighted by Crippen LogP contribution is -2.34. The average molecular weight is 411 g/mol. The summed E-state index contributed by atoms with van der Waals surface area (Å²) >= 11 is 0. The Labute approximate surface area is 187 Å². The zero-order valence-electron chi connectivity index (χ0n) is 19.6. The Morgan fingerprint density at radius 1 is 0.645 bits per heavy atom. The number of nitrogens with one attached hydrogen (secondary N) is 1. The van der Waals surface area contributed by atoms with Crippen LogP contribution in [-0.4, -0.2) is 0 Å². The lowest BCUT2D eigenvalue weighted by molar-refractivity contribution is 0.589. The molecule has 2 heteroatoms. The van der Waals surface area contributed by atoms with Crippen LogP contribution in [0.25, 0.3) is 5.70 Å². The van der Waals surface area contributed by atoms with Crippen LogP contribution < -0.4 is 10.4 Å². The van der Waals surface area contributed by atoms with Crippen molar-refractivity contribution >= 4 is 11.4 Å². The fourth-order valence-corrected chi connectivity index (χ4v) is 4.02. The van der Waals surface area contributed by atoms with E-state index in [0.29, 0.717) is 0 Å². The van der Waals surface area contributed by atoms with Gasteiger partial charge in [0.25, 0.3) is 0 Å². The molecule has 0 saturated carbocycles. The minimum Gasteiger partial charge on any atom is -0.297 e. The van der Waals surface area contributed by atoms with E-state index in [9.17, 15) is 0 Å². The Morgan fingerprint density at radius 3 is 1.68 bits per heavy atom. The Kier molecular flexibility index (Phi) is 5.43. The molecule has 2 nitrogen and oxygen atoms in total. The number of para-hydroxylation sites is 1. The number of benzene rings is 3. The standard InChI is InChI=1S/C29H34N2/c1-28(2,3)23-16-12-21(13-17-23)26-20-27(31(30-26)25-10-8-7-9-11-25)22-14-18-24(19-15-22)29(4,5)6/h7-20,27,30H,1-6H3. The largest absolute Gasteiger partial charge is 0.297 e. The molecule has 0 aromatic heterocycles. The number of nitrogens with zero attached hydrogens (tertiary/aromatic N) is 1. The molecule has 0 bridgehead atoms. The summed E-state index contributed by atoms with van der Waals surface area (Å²) in [6.07, 6.45) is 2.34. The zero-order valence-corrected chi connectivity index (χ0v) is 19.6. The van der Waals surface area contributed by atoms with Gasteiger partial charge in [0.1, 0.15) is 0 Å². The quantitative estimate of drug-likeness (QED) is 0.484. The van der Waals surface area contributed by atoms with Crippen molar-refractivity contribution in [1.82, 2.24) is 5.43 Å². The molecule has 1 heterocycles. The minimum atomic E-state index is 0.133. The van der Waals surface area contributed by atoms with Gasteiger partial charge in [-0.1, -0.05) is 108 Å². The smallest absolute Gasteiger partial charge is 0.0958 e. The molecule has 1 atom stereocenters. The maximum atomic E-state index is 3.67. The zero-order chi connectivity index (χ0) is 22.2. The van der Waals surface area contributed by atoms with Crippen molar-refractivity contribution in [3.8, 4) is 0 Å². The third-order valence-corrected chi connectivity index (χ3v) is 6.06. The summed E-state index contributed by atoms with van der Waals surface area (Å²) in [4.78, 5) is 0. The summed E-state index contributed by atoms with van der Waals surface area (Å²) < 4.78 is 0. The highest BCUT2D eigenvalue weighted by atomic mass is 15.5. The maximum Gasteiger partial charge on any atom is 0.0958 e. The van der Waals surface area contributed by atoms with Crippen molar-refractivity contribution in [2.45, 2.75) is 58.4 Å². The molecule has 0 amide bonds. The lowest BCUT2D eigenvalue weighted by Gasteiger charge is -2.28. The fourth-order valence-electron chi connectivity index (χ4n) is 4.02. The monoisotopic (exact) mass is 410 g/mol. The van der Waals surface area contributed by atoms with E-state index in [1.807, 2.05) is 0 Å². The molecule has 0 aliphatic carbocycles. The van der Waals surface area contributed by atoms with Crippen molar-refractivity contribution in [3.05, 3.63) is 107 Å². The van der Waals surface area contributed by atoms with Crippen LogP contribution in [0.2, 0.25) is 0 Å². The number of hydrazine groups is 1. The molecular formula is C29H34N2. The number of hydrogen-bond acceptors (Lipinski definition) is 2. The Morgan fingerprint density at radius 2 is 1.16 bits per heavy atom. The first-order chi connectivity index (χ1) is 14.6. The molecule has 4 rings (SSSR count). The van der Waals surface area contributed by atoms with Crippen LogP contribution in [-0.2, 0) is 10.8 Å². The molecule has 160 valence electrons. The highest BCUT2D eigenvalue weighted by molar-refractivity contribution is 5.72. The van der Waals surface area contributed by atoms with Gasteiger partial charge in [-0.2, -0.15) is 0 Å². The Balaban J connectivity index is 1.70. The fraction of sp³-hybridized carbons (Fsp3) is 0.310. The molecule has 3 aromatic rings. The van der Waals surface area contributed by atoms with E-state index in [4.69, 9.17) is 0 Å². The second-order valence-corrected chi connectivity index (χ2v) is 10.5. The number of hydrogen-bond donors (Lipinski definition) is 1. The molecule has 1 N–H and O–H groups in total. The molecule has 1 unspecified atom stereocenters. The molecule has 3 aromatic carbocycles. The SMILES string of the molecule is CC(C)(C)c1ccc(C2=CC(c3ccc(C(C)(C)C)cc3)N(c3ccccc3)N2)cc1. The first-order valence-corrected chi connectivity index (χ1v) is 11.2. The van der Waals surface area contributed by atoms with E-state index < -0.39 is 0 Å². The Bertz CT molecular complexity index is 1050. The highest BCUT2D eigenvalue weighted by Crippen LogP contribution is 2.36. The summed E-state index contributed by atoms with van der Waals surface area (Å²) in [6.45, 7) is 13.5. The van der Waals surface area contributed by atoms with Crippen molar-refractivity contribution in [2.24, 2.45) is 0 Å². The summed E-state index contributed by atoms with van der Waals surface area (Å²) in [5, 5.41) is 2.26. The normalized spacial score (nSPS) is 16.8. The second kappa shape index (κ2) is 7.92. The minimum absolute atomic E-state index is 0.133. The van der Waals surface area contributed by atoms with E-state index in [-0.39, 0.29) is 16.9 Å². The van der Waals surface area contributed by atoms with Gasteiger partial charge in [0, 0.05) is 0 Å². The number of rotatable bonds is 3. The van der Waals surface area contributed by atoms with Crippen LogP contribution in [0.3, 0.4) is 0 Å². The molecule has 0 spiro atoms. The molecule has 0 fully saturated rings. The third-order valence-electron chi connectivity index (χ3n) is 6.06. The van der Waals surface area contributed by atoms with Crippen LogP contribution >= 0.6 is 0 Å². The molecule has 31 heavy (non-hydrogen) atoms. The molecule has 1 aliphatic rings. The van der Waals surface area contributed by atoms with E-state index >= 15 is 0 Å². The summed E-state index contributed by atoms with van der Waals surface area (Å²) in [6, 6.07) is 28.7. The molecule has 0 radical (unpaired) electrons. The van der Waals surface area contributed by atoms with Gasteiger partial charge < -0.3 is 0 Å². The Hall–Kier alpha value is -3.00. The van der Waals surface area contributed by atoms with Crippen LogP contribution in [0.1, 0.15) is 69.8 Å². The summed E-state index contributed by atoms with van der Waals surface area (Å²) in [5.41, 5.74) is 11.5. The van der Waals surface area contributed by atoms with Crippen molar-refractivity contribution in [1.29, 1.82) is 0 Å². The van der Waals surface area contributed by atoms with E-state index in [1.165, 1.54) is 22.3 Å². The van der Waals surface area contributed by atoms with Crippen molar-refractivity contribution in [3.63, 3.8) is 0 Å². The van der Waals surface area contributed by atoms with E-state index in [2.05, 4.69) is 137 Å². The predicted molar refractivity (Wildman–Crippen MR) is 133 cm³/mol. The van der Waals surface area contributed by atoms with Gasteiger partial charge >= 0.3 is 0 Å². The number of anilines is 1. The first-order valence-electron chi connectivity index (χ1n) is 11.2. The highest BCUT2D eigenvalue weighted by Gasteiger charge is 2.27. The van der Waals surface area contributed by atoms with Gasteiger partial charge in [0.05, 0.1) is 17.4 Å². The van der Waals surface area contributed by atoms with Crippen LogP contribution in [0, 0.1) is 0 Å². The van der Waals surface area contributed by atoms with Crippen molar-refractivity contribution in [2.75, 3.05) is 5.01 Å². The average Bonchev–Trinajstić information content (AvgIpc) is 3.19. The van der Waals surface area contributed by atoms with Crippen LogP contribution in [0.15, 0.2) is 84.9 Å². The topological polar surface area (TPSA) is 15.3 Å². The van der Waals surface area contributed by atoms with Gasteiger partial charge in [0.15, 0.2) is 0 Å². The predicted octanol–water partition coefficient (Wildman–Crippen LogP) is 7.39. The second-order valence-electron chi connectivity index (χ2n) is 10.5.